The lowest BCUT2D eigenvalue weighted by atomic mass is 9.99. The normalized spacial score (nSPS) is 17.9. The van der Waals surface area contributed by atoms with Gasteiger partial charge in [-0.05, 0) is 36.8 Å². The summed E-state index contributed by atoms with van der Waals surface area (Å²) in [6.07, 6.45) is 5.58. The molecule has 0 fully saturated rings. The first-order chi connectivity index (χ1) is 10.2. The van der Waals surface area contributed by atoms with E-state index in [2.05, 4.69) is 28.0 Å². The van der Waals surface area contributed by atoms with Crippen molar-refractivity contribution in [3.63, 3.8) is 0 Å². The topological polar surface area (TPSA) is 44.1 Å². The Morgan fingerprint density at radius 3 is 3.00 bits per heavy atom. The fourth-order valence-electron chi connectivity index (χ4n) is 2.72. The number of aryl methyl sites for hydroxylation is 1. The smallest absolute Gasteiger partial charge is 0.309 e. The Morgan fingerprint density at radius 2 is 2.19 bits per heavy atom. The largest absolute Gasteiger partial charge is 0.461 e. The zero-order chi connectivity index (χ0) is 14.7. The van der Waals surface area contributed by atoms with Crippen molar-refractivity contribution in [2.45, 2.75) is 32.3 Å². The van der Waals surface area contributed by atoms with Gasteiger partial charge in [-0.15, -0.1) is 0 Å². The predicted molar refractivity (Wildman–Crippen MR) is 88.0 cm³/mol. The average Bonchev–Trinajstić information content (AvgIpc) is 2.73. The molecule has 1 aliphatic rings. The molecule has 0 N–H and O–H groups in total. The van der Waals surface area contributed by atoms with Gasteiger partial charge in [0.15, 0.2) is 0 Å². The van der Waals surface area contributed by atoms with Crippen molar-refractivity contribution in [1.82, 2.24) is 7.99 Å². The van der Waals surface area contributed by atoms with Crippen molar-refractivity contribution >= 4 is 28.8 Å². The van der Waals surface area contributed by atoms with Crippen LogP contribution in [0.25, 0.3) is 0 Å². The lowest BCUT2D eigenvalue weighted by molar-refractivity contribution is -0.150. The molecule has 0 spiro atoms. The minimum Gasteiger partial charge on any atom is -0.461 e. The molecule has 1 aromatic carbocycles. The number of ether oxygens (including phenoxy) is 1. The highest BCUT2D eigenvalue weighted by atomic mass is 127. The summed E-state index contributed by atoms with van der Waals surface area (Å²) in [5, 5.41) is 4.45. The fraction of sp³-hybridized carbons (Fsp3) is 0.375. The number of aromatic nitrogens is 2. The van der Waals surface area contributed by atoms with Crippen LogP contribution in [0.4, 0.5) is 0 Å². The van der Waals surface area contributed by atoms with E-state index < -0.39 is 0 Å². The third-order valence-corrected chi connectivity index (χ3v) is 4.33. The number of hydrogen-bond donors (Lipinski definition) is 0. The SMILES string of the molecule is O=C(OCc1ccccc1)C1CCCc2nn(I)cc2C1. The number of carbonyl (C=O) groups is 1. The molecule has 0 radical (unpaired) electrons. The monoisotopic (exact) mass is 396 g/mol. The maximum Gasteiger partial charge on any atom is 0.309 e. The number of rotatable bonds is 3. The molecule has 0 aliphatic heterocycles. The van der Waals surface area contributed by atoms with Gasteiger partial charge in [-0.1, -0.05) is 30.3 Å². The second-order valence-corrected chi connectivity index (χ2v) is 6.36. The van der Waals surface area contributed by atoms with E-state index in [4.69, 9.17) is 4.74 Å². The predicted octanol–water partition coefficient (Wildman–Crippen LogP) is 3.32. The molecule has 1 unspecified atom stereocenters. The van der Waals surface area contributed by atoms with Crippen molar-refractivity contribution in [3.05, 3.63) is 53.3 Å². The molecule has 0 saturated heterocycles. The lowest BCUT2D eigenvalue weighted by Crippen LogP contribution is -2.19. The zero-order valence-electron chi connectivity index (χ0n) is 11.7. The van der Waals surface area contributed by atoms with Crippen LogP contribution in [0.5, 0.6) is 0 Å². The second-order valence-electron chi connectivity index (χ2n) is 5.38. The summed E-state index contributed by atoms with van der Waals surface area (Å²) >= 11 is 2.15. The number of halogens is 1. The third-order valence-electron chi connectivity index (χ3n) is 3.84. The van der Waals surface area contributed by atoms with Crippen LogP contribution in [0, 0.1) is 5.92 Å². The van der Waals surface area contributed by atoms with Gasteiger partial charge >= 0.3 is 5.97 Å². The van der Waals surface area contributed by atoms with Crippen LogP contribution >= 0.6 is 22.9 Å². The standard InChI is InChI=1S/C16H17IN2O2/c17-19-10-14-9-13(7-4-8-15(14)18-19)16(20)21-11-12-5-2-1-3-6-12/h1-3,5-6,10,13H,4,7-9,11H2. The van der Waals surface area contributed by atoms with Crippen LogP contribution in [-0.2, 0) is 29.0 Å². The molecular formula is C16H17IN2O2. The Labute approximate surface area is 138 Å². The number of hydrogen-bond acceptors (Lipinski definition) is 3. The summed E-state index contributed by atoms with van der Waals surface area (Å²) in [7, 11) is 0. The van der Waals surface area contributed by atoms with Crippen LogP contribution in [0.3, 0.4) is 0 Å². The van der Waals surface area contributed by atoms with Gasteiger partial charge in [-0.3, -0.25) is 4.79 Å². The Hall–Kier alpha value is -1.37. The number of esters is 1. The molecular weight excluding hydrogens is 379 g/mol. The first-order valence-corrected chi connectivity index (χ1v) is 8.13. The van der Waals surface area contributed by atoms with Crippen molar-refractivity contribution in [2.75, 3.05) is 0 Å². The van der Waals surface area contributed by atoms with Gasteiger partial charge in [0.25, 0.3) is 0 Å². The summed E-state index contributed by atoms with van der Waals surface area (Å²) in [6.45, 7) is 0.356. The van der Waals surface area contributed by atoms with E-state index in [1.807, 2.05) is 36.5 Å². The van der Waals surface area contributed by atoms with Crippen molar-refractivity contribution in [2.24, 2.45) is 5.92 Å². The van der Waals surface area contributed by atoms with Crippen LogP contribution in [0.1, 0.15) is 29.7 Å². The van der Waals surface area contributed by atoms with Gasteiger partial charge in [-0.2, -0.15) is 5.10 Å². The van der Waals surface area contributed by atoms with E-state index in [1.165, 1.54) is 5.56 Å². The Kier molecular flexibility index (Phi) is 4.57. The Morgan fingerprint density at radius 1 is 1.38 bits per heavy atom. The van der Waals surface area contributed by atoms with E-state index in [1.54, 1.807) is 2.90 Å². The van der Waals surface area contributed by atoms with E-state index >= 15 is 0 Å². The van der Waals surface area contributed by atoms with Crippen molar-refractivity contribution < 1.29 is 9.53 Å². The molecule has 0 bridgehead atoms. The maximum absolute atomic E-state index is 12.3. The second kappa shape index (κ2) is 6.60. The zero-order valence-corrected chi connectivity index (χ0v) is 13.8. The van der Waals surface area contributed by atoms with Gasteiger partial charge < -0.3 is 4.74 Å². The minimum atomic E-state index is -0.0899. The number of carbonyl (C=O) groups excluding carboxylic acids is 1. The third kappa shape index (κ3) is 3.64. The minimum absolute atomic E-state index is 0.0458. The average molecular weight is 396 g/mol. The quantitative estimate of drug-likeness (QED) is 0.454. The van der Waals surface area contributed by atoms with E-state index in [-0.39, 0.29) is 11.9 Å². The summed E-state index contributed by atoms with van der Waals surface area (Å²) in [5.41, 5.74) is 3.34. The molecule has 0 amide bonds. The van der Waals surface area contributed by atoms with Crippen molar-refractivity contribution in [1.29, 1.82) is 0 Å². The summed E-state index contributed by atoms with van der Waals surface area (Å²) in [5.74, 6) is -0.136. The highest BCUT2D eigenvalue weighted by Crippen LogP contribution is 2.25. The summed E-state index contributed by atoms with van der Waals surface area (Å²) in [6, 6.07) is 9.81. The first-order valence-electron chi connectivity index (χ1n) is 7.16. The summed E-state index contributed by atoms with van der Waals surface area (Å²) < 4.78 is 7.28. The van der Waals surface area contributed by atoms with Gasteiger partial charge in [0.1, 0.15) is 6.61 Å². The number of nitrogens with zero attached hydrogens (tertiary/aromatic N) is 2. The molecule has 110 valence electrons. The maximum atomic E-state index is 12.3. The lowest BCUT2D eigenvalue weighted by Gasteiger charge is -2.13. The van der Waals surface area contributed by atoms with E-state index in [0.717, 1.165) is 36.9 Å². The highest BCUT2D eigenvalue weighted by Gasteiger charge is 2.26. The van der Waals surface area contributed by atoms with Gasteiger partial charge in [0.05, 0.1) is 34.5 Å². The van der Waals surface area contributed by atoms with Gasteiger partial charge in [0.2, 0.25) is 0 Å². The van der Waals surface area contributed by atoms with Gasteiger partial charge in [-0.25, -0.2) is 2.90 Å². The van der Waals surface area contributed by atoms with Crippen LogP contribution in [-0.4, -0.2) is 14.0 Å². The first kappa shape index (κ1) is 14.6. The van der Waals surface area contributed by atoms with Crippen LogP contribution in [0.15, 0.2) is 36.5 Å². The summed E-state index contributed by atoms with van der Waals surface area (Å²) in [4.78, 5) is 12.3. The molecule has 1 heterocycles. The number of fused-ring (bicyclic) bond motifs is 1. The molecule has 1 aromatic heterocycles. The number of benzene rings is 1. The molecule has 21 heavy (non-hydrogen) atoms. The molecule has 4 nitrogen and oxygen atoms in total. The molecule has 1 atom stereocenters. The molecule has 3 rings (SSSR count). The Bertz CT molecular complexity index is 624. The van der Waals surface area contributed by atoms with Crippen LogP contribution < -0.4 is 0 Å². The molecule has 0 saturated carbocycles. The molecule has 2 aromatic rings. The van der Waals surface area contributed by atoms with E-state index in [9.17, 15) is 4.79 Å². The van der Waals surface area contributed by atoms with Crippen molar-refractivity contribution in [3.8, 4) is 0 Å². The highest BCUT2D eigenvalue weighted by molar-refractivity contribution is 14.1. The van der Waals surface area contributed by atoms with Crippen LogP contribution in [0.2, 0.25) is 0 Å². The Balaban J connectivity index is 1.62. The van der Waals surface area contributed by atoms with E-state index in [0.29, 0.717) is 6.61 Å². The fourth-order valence-corrected chi connectivity index (χ4v) is 3.32. The van der Waals surface area contributed by atoms with Gasteiger partial charge in [0, 0.05) is 6.20 Å². The molecule has 1 aliphatic carbocycles. The molecule has 5 heteroatoms.